The minimum Gasteiger partial charge on any atom is -0.394 e. The minimum absolute atomic E-state index is 0.185. The van der Waals surface area contributed by atoms with Crippen molar-refractivity contribution < 1.29 is 39.8 Å². The van der Waals surface area contributed by atoms with Gasteiger partial charge in [-0.25, -0.2) is 0 Å². The lowest BCUT2D eigenvalue weighted by Gasteiger charge is -2.40. The number of allylic oxidation sites excluding steroid dienone is 1. The summed E-state index contributed by atoms with van der Waals surface area (Å²) in [5.41, 5.74) is 0. The van der Waals surface area contributed by atoms with Gasteiger partial charge in [0.05, 0.1) is 25.4 Å². The van der Waals surface area contributed by atoms with Gasteiger partial charge in [0, 0.05) is 6.42 Å². The van der Waals surface area contributed by atoms with Gasteiger partial charge in [-0.15, -0.1) is 0 Å². The maximum Gasteiger partial charge on any atom is 0.220 e. The molecule has 7 atom stereocenters. The number of amides is 1. The zero-order chi connectivity index (χ0) is 40.9. The number of unbranched alkanes of at least 4 members (excludes halogenated alkanes) is 30. The summed E-state index contributed by atoms with van der Waals surface area (Å²) in [5, 5.41) is 53.8. The van der Waals surface area contributed by atoms with Crippen LogP contribution >= 0.6 is 0 Å². The number of hydrogen-bond acceptors (Lipinski definition) is 8. The van der Waals surface area contributed by atoms with Gasteiger partial charge in [0.2, 0.25) is 5.91 Å². The smallest absolute Gasteiger partial charge is 0.220 e. The second kappa shape index (κ2) is 38.2. The van der Waals surface area contributed by atoms with Gasteiger partial charge < -0.3 is 40.3 Å². The normalized spacial score (nSPS) is 21.2. The van der Waals surface area contributed by atoms with Gasteiger partial charge in [0.1, 0.15) is 24.4 Å². The summed E-state index contributed by atoms with van der Waals surface area (Å²) in [4.78, 5) is 12.7. The first-order chi connectivity index (χ1) is 27.3. The number of aliphatic hydroxyl groups excluding tert-OH is 5. The van der Waals surface area contributed by atoms with Crippen LogP contribution in [0.25, 0.3) is 0 Å². The van der Waals surface area contributed by atoms with Crippen LogP contribution in [0, 0.1) is 0 Å². The lowest BCUT2D eigenvalue weighted by atomic mass is 9.99. The largest absolute Gasteiger partial charge is 0.394 e. The van der Waals surface area contributed by atoms with Crippen LogP contribution in [0.4, 0.5) is 0 Å². The molecule has 1 heterocycles. The van der Waals surface area contributed by atoms with Crippen LogP contribution in [0.5, 0.6) is 0 Å². The summed E-state index contributed by atoms with van der Waals surface area (Å²) in [5.74, 6) is -0.188. The van der Waals surface area contributed by atoms with Crippen molar-refractivity contribution in [2.75, 3.05) is 13.2 Å². The van der Waals surface area contributed by atoms with E-state index in [1.807, 2.05) is 6.08 Å². The first-order valence-electron chi connectivity index (χ1n) is 23.9. The molecule has 0 aromatic heterocycles. The van der Waals surface area contributed by atoms with Crippen molar-refractivity contribution in [1.29, 1.82) is 0 Å². The Kier molecular flexibility index (Phi) is 36.1. The SMILES string of the molecule is CCCCCCCCCCCCCCCCCCCCCCCCCCCC/C=C/C(O)C(COC1OC(CO)C(O)C(O)C1O)NC(=O)CCCCCCC. The predicted octanol–water partition coefficient (Wildman–Crippen LogP) is 10.1. The number of nitrogens with one attached hydrogen (secondary N) is 1. The molecule has 1 fully saturated rings. The standard InChI is InChI=1S/C47H91NO8/c1-3-5-7-9-10-11-12-13-14-15-16-17-18-19-20-21-22-23-24-25-26-27-28-29-30-31-33-34-36-41(50)40(48-43(51)37-35-32-8-6-4-2)39-55-47-46(54)45(53)44(52)42(38-49)56-47/h34,36,40-42,44-47,49-50,52-54H,3-33,35,37-39H2,1-2H3,(H,48,51)/b36-34+. The molecule has 9 heteroatoms. The molecule has 56 heavy (non-hydrogen) atoms. The average molecular weight is 798 g/mol. The van der Waals surface area contributed by atoms with Gasteiger partial charge in [0.15, 0.2) is 6.29 Å². The van der Waals surface area contributed by atoms with Crippen LogP contribution in [-0.2, 0) is 14.3 Å². The molecule has 0 saturated carbocycles. The van der Waals surface area contributed by atoms with E-state index in [0.29, 0.717) is 6.42 Å². The van der Waals surface area contributed by atoms with E-state index in [9.17, 15) is 30.3 Å². The average Bonchev–Trinajstić information content (AvgIpc) is 3.20. The summed E-state index contributed by atoms with van der Waals surface area (Å²) in [6.07, 6.45) is 37.6. The van der Waals surface area contributed by atoms with Gasteiger partial charge in [-0.1, -0.05) is 212 Å². The lowest BCUT2D eigenvalue weighted by molar-refractivity contribution is -0.302. The van der Waals surface area contributed by atoms with E-state index in [4.69, 9.17) is 9.47 Å². The Hall–Kier alpha value is -1.07. The molecule has 0 aromatic rings. The van der Waals surface area contributed by atoms with Crippen molar-refractivity contribution in [1.82, 2.24) is 5.32 Å². The van der Waals surface area contributed by atoms with Crippen molar-refractivity contribution in [3.63, 3.8) is 0 Å². The molecule has 0 radical (unpaired) electrons. The third-order valence-corrected chi connectivity index (χ3v) is 11.6. The molecule has 1 aliphatic heterocycles. The van der Waals surface area contributed by atoms with E-state index in [-0.39, 0.29) is 12.5 Å². The first kappa shape index (κ1) is 52.9. The maximum atomic E-state index is 12.7. The number of rotatable bonds is 40. The van der Waals surface area contributed by atoms with E-state index < -0.39 is 49.5 Å². The van der Waals surface area contributed by atoms with Crippen LogP contribution in [0.2, 0.25) is 0 Å². The number of carbonyl (C=O) groups excluding carboxylic acids is 1. The highest BCUT2D eigenvalue weighted by molar-refractivity contribution is 5.76. The lowest BCUT2D eigenvalue weighted by Crippen LogP contribution is -2.60. The molecule has 0 spiro atoms. The van der Waals surface area contributed by atoms with Crippen LogP contribution in [0.3, 0.4) is 0 Å². The monoisotopic (exact) mass is 798 g/mol. The summed E-state index contributed by atoms with van der Waals surface area (Å²) >= 11 is 0. The summed E-state index contributed by atoms with van der Waals surface area (Å²) in [6.45, 7) is 3.69. The van der Waals surface area contributed by atoms with Gasteiger partial charge in [0.25, 0.3) is 0 Å². The van der Waals surface area contributed by atoms with Gasteiger partial charge in [-0.05, 0) is 19.3 Å². The van der Waals surface area contributed by atoms with Crippen LogP contribution < -0.4 is 5.32 Å². The van der Waals surface area contributed by atoms with Gasteiger partial charge >= 0.3 is 0 Å². The third-order valence-electron chi connectivity index (χ3n) is 11.6. The molecule has 0 aliphatic carbocycles. The zero-order valence-corrected chi connectivity index (χ0v) is 36.4. The summed E-state index contributed by atoms with van der Waals surface area (Å²) in [6, 6.07) is -0.796. The molecule has 1 saturated heterocycles. The molecular formula is C47H91NO8. The Morgan fingerprint density at radius 1 is 0.589 bits per heavy atom. The fraction of sp³-hybridized carbons (Fsp3) is 0.936. The van der Waals surface area contributed by atoms with Crippen molar-refractivity contribution in [3.8, 4) is 0 Å². The van der Waals surface area contributed by atoms with Crippen LogP contribution in [0.1, 0.15) is 226 Å². The minimum atomic E-state index is -1.56. The van der Waals surface area contributed by atoms with E-state index >= 15 is 0 Å². The highest BCUT2D eigenvalue weighted by Crippen LogP contribution is 2.23. The Morgan fingerprint density at radius 3 is 1.39 bits per heavy atom. The highest BCUT2D eigenvalue weighted by atomic mass is 16.7. The molecular weight excluding hydrogens is 707 g/mol. The fourth-order valence-corrected chi connectivity index (χ4v) is 7.75. The van der Waals surface area contributed by atoms with E-state index in [2.05, 4.69) is 19.2 Å². The number of aliphatic hydroxyl groups is 5. The maximum absolute atomic E-state index is 12.7. The second-order valence-corrected chi connectivity index (χ2v) is 16.9. The topological polar surface area (TPSA) is 149 Å². The molecule has 1 amide bonds. The molecule has 1 aliphatic rings. The van der Waals surface area contributed by atoms with Crippen molar-refractivity contribution in [2.45, 2.75) is 269 Å². The van der Waals surface area contributed by atoms with Crippen molar-refractivity contribution in [3.05, 3.63) is 12.2 Å². The summed E-state index contributed by atoms with van der Waals surface area (Å²) < 4.78 is 11.1. The Balaban J connectivity index is 2.11. The number of carbonyl (C=O) groups is 1. The van der Waals surface area contributed by atoms with Gasteiger partial charge in [-0.3, -0.25) is 4.79 Å². The van der Waals surface area contributed by atoms with E-state index in [1.54, 1.807) is 6.08 Å². The molecule has 0 bridgehead atoms. The van der Waals surface area contributed by atoms with Gasteiger partial charge in [-0.2, -0.15) is 0 Å². The number of ether oxygens (including phenoxy) is 2. The van der Waals surface area contributed by atoms with E-state index in [0.717, 1.165) is 51.4 Å². The molecule has 7 unspecified atom stereocenters. The zero-order valence-electron chi connectivity index (χ0n) is 36.4. The highest BCUT2D eigenvalue weighted by Gasteiger charge is 2.44. The molecule has 9 nitrogen and oxygen atoms in total. The second-order valence-electron chi connectivity index (χ2n) is 16.9. The number of hydrogen-bond donors (Lipinski definition) is 6. The quantitative estimate of drug-likeness (QED) is 0.0265. The molecule has 332 valence electrons. The van der Waals surface area contributed by atoms with Crippen LogP contribution in [0.15, 0.2) is 12.2 Å². The molecule has 0 aromatic carbocycles. The molecule has 1 rings (SSSR count). The van der Waals surface area contributed by atoms with Crippen molar-refractivity contribution >= 4 is 5.91 Å². The fourth-order valence-electron chi connectivity index (χ4n) is 7.75. The van der Waals surface area contributed by atoms with Crippen LogP contribution in [-0.4, -0.2) is 87.5 Å². The first-order valence-corrected chi connectivity index (χ1v) is 23.9. The summed E-state index contributed by atoms with van der Waals surface area (Å²) in [7, 11) is 0. The Labute approximate surface area is 344 Å². The van der Waals surface area contributed by atoms with Crippen molar-refractivity contribution in [2.24, 2.45) is 0 Å². The third kappa shape index (κ3) is 28.4. The Morgan fingerprint density at radius 2 is 0.982 bits per heavy atom. The van der Waals surface area contributed by atoms with E-state index in [1.165, 1.54) is 154 Å². The predicted molar refractivity (Wildman–Crippen MR) is 231 cm³/mol. The molecule has 6 N–H and O–H groups in total. The Bertz CT molecular complexity index is 888.